The van der Waals surface area contributed by atoms with Crippen LogP contribution >= 0.6 is 0 Å². The predicted octanol–water partition coefficient (Wildman–Crippen LogP) is 3.89. The Bertz CT molecular complexity index is 504. The summed E-state index contributed by atoms with van der Waals surface area (Å²) in [5.74, 6) is 0.130. The molecule has 0 aromatic heterocycles. The Labute approximate surface area is 107 Å². The lowest BCUT2D eigenvalue weighted by molar-refractivity contribution is 0.450. The van der Waals surface area contributed by atoms with Crippen molar-refractivity contribution in [1.82, 2.24) is 0 Å². The minimum absolute atomic E-state index is 0.0649. The Morgan fingerprint density at radius 1 is 0.667 bits per heavy atom. The molecule has 0 fully saturated rings. The molecule has 2 N–H and O–H groups in total. The first kappa shape index (κ1) is 12.2. The highest BCUT2D eigenvalue weighted by molar-refractivity contribution is 5.71. The van der Waals surface area contributed by atoms with Crippen LogP contribution in [0.15, 0.2) is 36.4 Å². The quantitative estimate of drug-likeness (QED) is 0.782. The van der Waals surface area contributed by atoms with E-state index in [1.54, 1.807) is 12.1 Å². The van der Waals surface area contributed by atoms with E-state index in [1.807, 2.05) is 12.2 Å². The number of phenols is 2. The summed E-state index contributed by atoms with van der Waals surface area (Å²) < 4.78 is 0. The van der Waals surface area contributed by atoms with Crippen LogP contribution in [-0.4, -0.2) is 10.2 Å². The topological polar surface area (TPSA) is 40.5 Å². The van der Waals surface area contributed by atoms with Crippen molar-refractivity contribution in [2.75, 3.05) is 0 Å². The van der Waals surface area contributed by atoms with Crippen molar-refractivity contribution in [2.24, 2.45) is 0 Å². The van der Waals surface area contributed by atoms with Gasteiger partial charge in [0.15, 0.2) is 0 Å². The van der Waals surface area contributed by atoms with Crippen molar-refractivity contribution in [3.05, 3.63) is 58.7 Å². The van der Waals surface area contributed by atoms with Crippen LogP contribution in [0.2, 0.25) is 0 Å². The fourth-order valence-corrected chi connectivity index (χ4v) is 2.01. The SMILES string of the molecule is Cc1cc(C)cc(/C=C/c2cc(O)cc(O)c2)c1. The van der Waals surface area contributed by atoms with E-state index in [2.05, 4.69) is 32.0 Å². The van der Waals surface area contributed by atoms with Gasteiger partial charge in [0.1, 0.15) is 11.5 Å². The molecule has 0 saturated carbocycles. The zero-order chi connectivity index (χ0) is 13.1. The minimum Gasteiger partial charge on any atom is -0.508 e. The monoisotopic (exact) mass is 240 g/mol. The van der Waals surface area contributed by atoms with Gasteiger partial charge in [-0.1, -0.05) is 41.5 Å². The maximum atomic E-state index is 9.39. The van der Waals surface area contributed by atoms with Gasteiger partial charge in [-0.15, -0.1) is 0 Å². The number of aromatic hydroxyl groups is 2. The summed E-state index contributed by atoms with van der Waals surface area (Å²) in [6.07, 6.45) is 3.84. The van der Waals surface area contributed by atoms with E-state index in [-0.39, 0.29) is 11.5 Å². The van der Waals surface area contributed by atoms with Gasteiger partial charge in [0.05, 0.1) is 0 Å². The molecule has 0 aliphatic heterocycles. The van der Waals surface area contributed by atoms with E-state index in [9.17, 15) is 10.2 Å². The Morgan fingerprint density at radius 3 is 1.61 bits per heavy atom. The molecule has 0 aliphatic rings. The lowest BCUT2D eigenvalue weighted by Crippen LogP contribution is -1.80. The average molecular weight is 240 g/mol. The zero-order valence-corrected chi connectivity index (χ0v) is 10.5. The van der Waals surface area contributed by atoms with Crippen LogP contribution in [0.5, 0.6) is 11.5 Å². The van der Waals surface area contributed by atoms with Crippen LogP contribution in [0.1, 0.15) is 22.3 Å². The Balaban J connectivity index is 2.29. The maximum absolute atomic E-state index is 9.39. The molecule has 0 atom stereocenters. The number of phenolic OH excluding ortho intramolecular Hbond substituents is 2. The summed E-state index contributed by atoms with van der Waals surface area (Å²) in [7, 11) is 0. The number of rotatable bonds is 2. The van der Waals surface area contributed by atoms with Crippen molar-refractivity contribution in [3.63, 3.8) is 0 Å². The second-order valence-corrected chi connectivity index (χ2v) is 4.54. The van der Waals surface area contributed by atoms with E-state index < -0.39 is 0 Å². The second-order valence-electron chi connectivity index (χ2n) is 4.54. The van der Waals surface area contributed by atoms with Crippen molar-refractivity contribution in [3.8, 4) is 11.5 Å². The van der Waals surface area contributed by atoms with E-state index in [4.69, 9.17) is 0 Å². The van der Waals surface area contributed by atoms with Crippen molar-refractivity contribution in [2.45, 2.75) is 13.8 Å². The molecule has 0 spiro atoms. The van der Waals surface area contributed by atoms with Crippen LogP contribution < -0.4 is 0 Å². The number of hydrogen-bond donors (Lipinski definition) is 2. The van der Waals surface area contributed by atoms with Gasteiger partial charge in [0, 0.05) is 6.07 Å². The molecule has 0 amide bonds. The van der Waals surface area contributed by atoms with Crippen LogP contribution in [0.3, 0.4) is 0 Å². The van der Waals surface area contributed by atoms with Crippen molar-refractivity contribution in [1.29, 1.82) is 0 Å². The third-order valence-corrected chi connectivity index (χ3v) is 2.64. The average Bonchev–Trinajstić information content (AvgIpc) is 2.23. The smallest absolute Gasteiger partial charge is 0.119 e. The Morgan fingerprint density at radius 2 is 1.11 bits per heavy atom. The summed E-state index contributed by atoms with van der Waals surface area (Å²) in [4.78, 5) is 0. The molecule has 2 rings (SSSR count). The van der Waals surface area contributed by atoms with Crippen LogP contribution in [0.25, 0.3) is 12.2 Å². The van der Waals surface area contributed by atoms with E-state index in [0.29, 0.717) is 0 Å². The molecule has 0 heterocycles. The van der Waals surface area contributed by atoms with Gasteiger partial charge in [-0.3, -0.25) is 0 Å². The molecule has 2 heteroatoms. The lowest BCUT2D eigenvalue weighted by atomic mass is 10.1. The molecule has 2 nitrogen and oxygen atoms in total. The summed E-state index contributed by atoms with van der Waals surface area (Å²) in [5.41, 5.74) is 4.31. The number of aryl methyl sites for hydroxylation is 2. The fraction of sp³-hybridized carbons (Fsp3) is 0.125. The maximum Gasteiger partial charge on any atom is 0.119 e. The van der Waals surface area contributed by atoms with Gasteiger partial charge in [-0.05, 0) is 37.1 Å². The second kappa shape index (κ2) is 4.96. The third kappa shape index (κ3) is 3.14. The third-order valence-electron chi connectivity index (χ3n) is 2.64. The van der Waals surface area contributed by atoms with Gasteiger partial charge >= 0.3 is 0 Å². The summed E-state index contributed by atoms with van der Waals surface area (Å²) in [6.45, 7) is 4.12. The van der Waals surface area contributed by atoms with Crippen LogP contribution in [0, 0.1) is 13.8 Å². The normalized spacial score (nSPS) is 11.0. The molecule has 92 valence electrons. The first-order valence-corrected chi connectivity index (χ1v) is 5.82. The van der Waals surface area contributed by atoms with Gasteiger partial charge in [0.2, 0.25) is 0 Å². The Hall–Kier alpha value is -2.22. The van der Waals surface area contributed by atoms with Crippen molar-refractivity contribution >= 4 is 12.2 Å². The van der Waals surface area contributed by atoms with Gasteiger partial charge in [0.25, 0.3) is 0 Å². The zero-order valence-electron chi connectivity index (χ0n) is 10.5. The summed E-state index contributed by atoms with van der Waals surface area (Å²) in [6, 6.07) is 10.8. The van der Waals surface area contributed by atoms with Gasteiger partial charge < -0.3 is 10.2 Å². The van der Waals surface area contributed by atoms with Crippen molar-refractivity contribution < 1.29 is 10.2 Å². The lowest BCUT2D eigenvalue weighted by Gasteiger charge is -2.01. The number of hydrogen-bond acceptors (Lipinski definition) is 2. The van der Waals surface area contributed by atoms with Gasteiger partial charge in [-0.2, -0.15) is 0 Å². The predicted molar refractivity (Wildman–Crippen MR) is 74.6 cm³/mol. The number of benzene rings is 2. The first-order valence-electron chi connectivity index (χ1n) is 5.82. The molecule has 18 heavy (non-hydrogen) atoms. The van der Waals surface area contributed by atoms with E-state index in [1.165, 1.54) is 17.2 Å². The molecule has 2 aromatic carbocycles. The Kier molecular flexibility index (Phi) is 3.38. The molecular formula is C16H16O2. The van der Waals surface area contributed by atoms with Crippen LogP contribution in [-0.2, 0) is 0 Å². The molecule has 0 unspecified atom stereocenters. The van der Waals surface area contributed by atoms with Crippen LogP contribution in [0.4, 0.5) is 0 Å². The summed E-state index contributed by atoms with van der Waals surface area (Å²) in [5, 5.41) is 18.8. The highest BCUT2D eigenvalue weighted by atomic mass is 16.3. The molecule has 0 saturated heterocycles. The van der Waals surface area contributed by atoms with E-state index in [0.717, 1.165) is 11.1 Å². The molecular weight excluding hydrogens is 224 g/mol. The highest BCUT2D eigenvalue weighted by Crippen LogP contribution is 2.22. The largest absolute Gasteiger partial charge is 0.508 e. The molecule has 0 bridgehead atoms. The standard InChI is InChI=1S/C16H16O2/c1-11-5-12(2)7-13(6-11)3-4-14-8-15(17)10-16(18)9-14/h3-10,17-18H,1-2H3/b4-3+. The highest BCUT2D eigenvalue weighted by Gasteiger charge is 1.96. The fourth-order valence-electron chi connectivity index (χ4n) is 2.01. The van der Waals surface area contributed by atoms with E-state index >= 15 is 0 Å². The molecule has 2 aromatic rings. The molecule has 0 radical (unpaired) electrons. The molecule has 0 aliphatic carbocycles. The minimum atomic E-state index is 0.0649. The first-order chi connectivity index (χ1) is 8.52. The van der Waals surface area contributed by atoms with Gasteiger partial charge in [-0.25, -0.2) is 0 Å². The summed E-state index contributed by atoms with van der Waals surface area (Å²) >= 11 is 0.